The van der Waals surface area contributed by atoms with Crippen LogP contribution in [0, 0.1) is 0 Å². The summed E-state index contributed by atoms with van der Waals surface area (Å²) in [6.07, 6.45) is 2.54. The lowest BCUT2D eigenvalue weighted by Gasteiger charge is -2.25. The number of carbonyl (C=O) groups is 1. The molecule has 0 aromatic carbocycles. The van der Waals surface area contributed by atoms with Gasteiger partial charge in [0.1, 0.15) is 6.54 Å². The molecule has 0 spiro atoms. The molecule has 0 bridgehead atoms. The van der Waals surface area contributed by atoms with E-state index < -0.39 is 0 Å². The van der Waals surface area contributed by atoms with Crippen LogP contribution in [-0.2, 0) is 4.79 Å². The van der Waals surface area contributed by atoms with E-state index in [0.717, 1.165) is 6.41 Å². The molecule has 14 heavy (non-hydrogen) atoms. The molecule has 0 aliphatic carbocycles. The van der Waals surface area contributed by atoms with Gasteiger partial charge in [0.2, 0.25) is 0 Å². The minimum Gasteiger partial charge on any atom is -1.00 e. The predicted molar refractivity (Wildman–Crippen MR) is 50.6 cm³/mol. The van der Waals surface area contributed by atoms with Gasteiger partial charge in [0.15, 0.2) is 5.82 Å². The second kappa shape index (κ2) is 5.57. The highest BCUT2D eigenvalue weighted by Crippen LogP contribution is 2.05. The number of pyridine rings is 1. The van der Waals surface area contributed by atoms with E-state index in [9.17, 15) is 4.79 Å². The molecule has 1 N–H and O–H groups in total. The van der Waals surface area contributed by atoms with Crippen molar-refractivity contribution >= 4 is 12.2 Å². The Morgan fingerprint density at radius 2 is 2.29 bits per heavy atom. The number of nitrogens with one attached hydrogen (secondary N) is 1. The number of hydrogen-bond donors (Lipinski definition) is 1. The van der Waals surface area contributed by atoms with E-state index in [2.05, 4.69) is 10.4 Å². The van der Waals surface area contributed by atoms with Crippen LogP contribution in [0.2, 0.25) is 0 Å². The van der Waals surface area contributed by atoms with Gasteiger partial charge in [-0.05, 0) is 19.1 Å². The molecule has 0 radical (unpaired) electrons. The van der Waals surface area contributed by atoms with Crippen molar-refractivity contribution in [1.82, 2.24) is 4.98 Å². The molecule has 5 heteroatoms. The fourth-order valence-corrected chi connectivity index (χ4v) is 0.871. The maximum atomic E-state index is 10.7. The van der Waals surface area contributed by atoms with E-state index in [0.29, 0.717) is 12.4 Å². The lowest BCUT2D eigenvalue weighted by molar-refractivity contribution is -0.800. The van der Waals surface area contributed by atoms with Crippen LogP contribution in [0.3, 0.4) is 0 Å². The van der Waals surface area contributed by atoms with Crippen molar-refractivity contribution in [3.63, 3.8) is 0 Å². The number of quaternary nitrogens is 1. The third-order valence-corrected chi connectivity index (χ3v) is 1.92. The van der Waals surface area contributed by atoms with Gasteiger partial charge in [-0.2, -0.15) is 4.59 Å². The van der Waals surface area contributed by atoms with E-state index in [4.69, 9.17) is 0 Å². The second-order valence-electron chi connectivity index (χ2n) is 3.02. The molecule has 0 aliphatic rings. The van der Waals surface area contributed by atoms with Crippen LogP contribution in [0.1, 0.15) is 6.92 Å². The Morgan fingerprint density at radius 1 is 1.57 bits per heavy atom. The number of aromatic nitrogens is 1. The molecule has 0 fully saturated rings. The maximum absolute atomic E-state index is 10.7. The van der Waals surface area contributed by atoms with Gasteiger partial charge in [0, 0.05) is 6.20 Å². The maximum Gasteiger partial charge on any atom is 0.325 e. The molecular weight excluding hydrogens is 202 g/mol. The van der Waals surface area contributed by atoms with Crippen LogP contribution in [0.5, 0.6) is 0 Å². The van der Waals surface area contributed by atoms with Gasteiger partial charge >= 0.3 is 6.41 Å². The van der Waals surface area contributed by atoms with E-state index in [1.165, 1.54) is 0 Å². The minimum atomic E-state index is 0. The normalized spacial score (nSPS) is 13.6. The average Bonchev–Trinajstić information content (AvgIpc) is 2.19. The fourth-order valence-electron chi connectivity index (χ4n) is 0.871. The molecule has 1 heterocycles. The number of nitrogens with zero attached hydrogens (tertiary/aromatic N) is 2. The molecule has 1 aromatic rings. The largest absolute Gasteiger partial charge is 1.00 e. The quantitative estimate of drug-likeness (QED) is 0.360. The summed E-state index contributed by atoms with van der Waals surface area (Å²) in [6, 6.07) is 5.54. The number of hydrogen-bond acceptors (Lipinski definition) is 3. The van der Waals surface area contributed by atoms with E-state index >= 15 is 0 Å². The number of rotatable bonds is 4. The summed E-state index contributed by atoms with van der Waals surface area (Å²) in [5.41, 5.74) is 3.01. The first-order valence-corrected chi connectivity index (χ1v) is 4.21. The molecule has 1 atom stereocenters. The van der Waals surface area contributed by atoms with Crippen molar-refractivity contribution in [1.29, 1.82) is 0 Å². The van der Waals surface area contributed by atoms with Gasteiger partial charge in [-0.15, -0.1) is 0 Å². The van der Waals surface area contributed by atoms with Crippen LogP contribution in [0.25, 0.3) is 0 Å². The molecule has 4 nitrogen and oxygen atoms in total. The summed E-state index contributed by atoms with van der Waals surface area (Å²) < 4.78 is 0.136. The summed E-state index contributed by atoms with van der Waals surface area (Å²) >= 11 is 0. The Hall–Kier alpha value is -1.13. The summed E-state index contributed by atoms with van der Waals surface area (Å²) in [7, 11) is 1.79. The number of halogens is 1. The zero-order chi connectivity index (χ0) is 9.73. The molecular formula is C9H14ClN3O. The fraction of sp³-hybridized carbons (Fsp3) is 0.333. The van der Waals surface area contributed by atoms with Crippen LogP contribution in [0.15, 0.2) is 24.4 Å². The van der Waals surface area contributed by atoms with E-state index in [1.54, 1.807) is 13.2 Å². The highest BCUT2D eigenvalue weighted by molar-refractivity contribution is 5.41. The smallest absolute Gasteiger partial charge is 0.325 e. The second-order valence-corrected chi connectivity index (χ2v) is 3.02. The summed E-state index contributed by atoms with van der Waals surface area (Å²) in [6.45, 7) is 2.62. The standard InChI is InChI=1S/C9H14N3O.ClH/c1-3-12(2,8-13)11-9-6-4-5-7-10-9;/h4-8H,3H2,1-2H3,(H,10,11);1H/q+1;/p-1. The molecule has 78 valence electrons. The molecule has 1 aromatic heterocycles. The van der Waals surface area contributed by atoms with Crippen LogP contribution < -0.4 is 17.8 Å². The minimum absolute atomic E-state index is 0. The van der Waals surface area contributed by atoms with Gasteiger partial charge in [-0.25, -0.2) is 15.2 Å². The number of anilines is 1. The molecule has 1 amide bonds. The molecule has 1 rings (SSSR count). The predicted octanol–water partition coefficient (Wildman–Crippen LogP) is -1.96. The summed E-state index contributed by atoms with van der Waals surface area (Å²) in [5.74, 6) is 0.707. The molecule has 0 saturated carbocycles. The molecule has 1 unspecified atom stereocenters. The Labute approximate surface area is 89.9 Å². The molecule has 0 aliphatic heterocycles. The van der Waals surface area contributed by atoms with Crippen molar-refractivity contribution in [3.05, 3.63) is 24.4 Å². The number of carbonyl (C=O) groups excluding carboxylic acids is 1. The Kier molecular flexibility index (Phi) is 5.12. The highest BCUT2D eigenvalue weighted by Gasteiger charge is 2.18. The van der Waals surface area contributed by atoms with Crippen molar-refractivity contribution in [2.24, 2.45) is 0 Å². The number of amides is 1. The van der Waals surface area contributed by atoms with Crippen LogP contribution in [0.4, 0.5) is 5.82 Å². The van der Waals surface area contributed by atoms with Gasteiger partial charge in [0.25, 0.3) is 0 Å². The van der Waals surface area contributed by atoms with Crippen molar-refractivity contribution in [3.8, 4) is 0 Å². The van der Waals surface area contributed by atoms with Gasteiger partial charge < -0.3 is 12.4 Å². The van der Waals surface area contributed by atoms with E-state index in [1.807, 2.05) is 25.1 Å². The zero-order valence-electron chi connectivity index (χ0n) is 8.27. The SMILES string of the molecule is CC[N+](C)(C=O)Nc1ccccn1.[Cl-]. The van der Waals surface area contributed by atoms with Crippen molar-refractivity contribution in [2.75, 3.05) is 19.0 Å². The van der Waals surface area contributed by atoms with E-state index in [-0.39, 0.29) is 17.0 Å². The summed E-state index contributed by atoms with van der Waals surface area (Å²) in [4.78, 5) is 14.8. The lowest BCUT2D eigenvalue weighted by atomic mass is 10.5. The van der Waals surface area contributed by atoms with Crippen molar-refractivity contribution < 1.29 is 21.8 Å². The first-order valence-electron chi connectivity index (χ1n) is 4.21. The Morgan fingerprint density at radius 3 is 2.71 bits per heavy atom. The third-order valence-electron chi connectivity index (χ3n) is 1.92. The highest BCUT2D eigenvalue weighted by atomic mass is 35.5. The third kappa shape index (κ3) is 3.32. The van der Waals surface area contributed by atoms with Crippen LogP contribution in [-0.4, -0.2) is 29.6 Å². The van der Waals surface area contributed by atoms with Gasteiger partial charge in [-0.1, -0.05) is 6.07 Å². The monoisotopic (exact) mass is 215 g/mol. The Bertz CT molecular complexity index is 281. The first-order chi connectivity index (χ1) is 6.20. The van der Waals surface area contributed by atoms with Crippen molar-refractivity contribution in [2.45, 2.75) is 6.92 Å². The summed E-state index contributed by atoms with van der Waals surface area (Å²) in [5, 5.41) is 0. The first kappa shape index (κ1) is 12.9. The Balaban J connectivity index is 0.00000169. The van der Waals surface area contributed by atoms with Gasteiger partial charge in [-0.3, -0.25) is 0 Å². The lowest BCUT2D eigenvalue weighted by Crippen LogP contribution is -3.00. The topological polar surface area (TPSA) is 42.0 Å². The van der Waals surface area contributed by atoms with Crippen LogP contribution >= 0.6 is 0 Å². The zero-order valence-corrected chi connectivity index (χ0v) is 9.03. The van der Waals surface area contributed by atoms with Gasteiger partial charge in [0.05, 0.1) is 7.05 Å². The molecule has 0 saturated heterocycles. The average molecular weight is 216 g/mol.